The van der Waals surface area contributed by atoms with Gasteiger partial charge in [-0.3, -0.25) is 0 Å². The number of hydrogen-bond acceptors (Lipinski definition) is 2. The highest BCUT2D eigenvalue weighted by molar-refractivity contribution is 9.09. The van der Waals surface area contributed by atoms with Crippen LogP contribution in [-0.4, -0.2) is 32.4 Å². The van der Waals surface area contributed by atoms with Gasteiger partial charge in [0.05, 0.1) is 4.83 Å². The predicted molar refractivity (Wildman–Crippen MR) is 85.0 cm³/mol. The molecule has 0 saturated carbocycles. The first-order valence-corrected chi connectivity index (χ1v) is 9.28. The van der Waals surface area contributed by atoms with E-state index in [0.717, 1.165) is 18.4 Å². The summed E-state index contributed by atoms with van der Waals surface area (Å²) in [7, 11) is -3.36. The highest BCUT2D eigenvalue weighted by Gasteiger charge is 2.26. The lowest BCUT2D eigenvalue weighted by atomic mass is 10.0. The molecule has 1 aromatic rings. The van der Waals surface area contributed by atoms with Crippen LogP contribution in [0.4, 0.5) is 0 Å². The van der Waals surface area contributed by atoms with Crippen molar-refractivity contribution < 1.29 is 8.42 Å². The van der Waals surface area contributed by atoms with E-state index in [1.165, 1.54) is 0 Å². The first-order valence-electron chi connectivity index (χ1n) is 6.93. The largest absolute Gasteiger partial charge is 0.279 e. The van der Waals surface area contributed by atoms with Gasteiger partial charge in [-0.25, -0.2) is 4.72 Å². The molecule has 1 aliphatic heterocycles. The van der Waals surface area contributed by atoms with Gasteiger partial charge in [0.25, 0.3) is 10.2 Å². The molecule has 0 bridgehead atoms. The molecule has 0 spiro atoms. The Morgan fingerprint density at radius 1 is 1.30 bits per heavy atom. The molecular formula is C14H21BrN2O2S. The summed E-state index contributed by atoms with van der Waals surface area (Å²) in [5, 5.41) is 0. The third-order valence-electron chi connectivity index (χ3n) is 3.69. The Labute approximate surface area is 129 Å². The molecule has 1 atom stereocenters. The number of nitrogens with one attached hydrogen (secondary N) is 1. The van der Waals surface area contributed by atoms with Crippen LogP contribution in [0.15, 0.2) is 30.3 Å². The number of alkyl halides is 1. The summed E-state index contributed by atoms with van der Waals surface area (Å²) in [5.74, 6) is 0.620. The monoisotopic (exact) mass is 360 g/mol. The van der Waals surface area contributed by atoms with Crippen LogP contribution in [0.1, 0.15) is 30.2 Å². The molecule has 4 nitrogen and oxygen atoms in total. The van der Waals surface area contributed by atoms with Gasteiger partial charge in [0, 0.05) is 19.6 Å². The molecule has 1 aromatic carbocycles. The molecule has 1 unspecified atom stereocenters. The van der Waals surface area contributed by atoms with E-state index in [-0.39, 0.29) is 4.83 Å². The van der Waals surface area contributed by atoms with E-state index in [1.807, 2.05) is 30.3 Å². The van der Waals surface area contributed by atoms with E-state index in [1.54, 1.807) is 4.31 Å². The van der Waals surface area contributed by atoms with Crippen molar-refractivity contribution in [2.24, 2.45) is 5.92 Å². The number of nitrogens with zero attached hydrogens (tertiary/aromatic N) is 1. The standard InChI is InChI=1S/C14H21BrN2O2S/c1-12-7-9-17(10-8-12)20(18,19)16-11-14(15)13-5-3-2-4-6-13/h2-6,12,14,16H,7-11H2,1H3. The van der Waals surface area contributed by atoms with Crippen molar-refractivity contribution in [2.45, 2.75) is 24.6 Å². The first-order chi connectivity index (χ1) is 9.49. The zero-order chi connectivity index (χ0) is 14.6. The maximum absolute atomic E-state index is 12.2. The minimum Gasteiger partial charge on any atom is -0.201 e. The van der Waals surface area contributed by atoms with Crippen molar-refractivity contribution in [3.05, 3.63) is 35.9 Å². The van der Waals surface area contributed by atoms with E-state index in [9.17, 15) is 8.42 Å². The highest BCUT2D eigenvalue weighted by Crippen LogP contribution is 2.22. The second-order valence-corrected chi connectivity index (χ2v) is 8.17. The second kappa shape index (κ2) is 7.02. The molecule has 1 N–H and O–H groups in total. The Hall–Kier alpha value is -0.430. The average molecular weight is 361 g/mol. The van der Waals surface area contributed by atoms with Gasteiger partial charge >= 0.3 is 0 Å². The molecule has 1 fully saturated rings. The zero-order valence-electron chi connectivity index (χ0n) is 11.6. The topological polar surface area (TPSA) is 49.4 Å². The maximum atomic E-state index is 12.2. The third kappa shape index (κ3) is 4.28. The Kier molecular flexibility index (Phi) is 5.60. The summed E-state index contributed by atoms with van der Waals surface area (Å²) in [6.45, 7) is 3.77. The fourth-order valence-electron chi connectivity index (χ4n) is 2.27. The van der Waals surface area contributed by atoms with Gasteiger partial charge in [-0.1, -0.05) is 53.2 Å². The van der Waals surface area contributed by atoms with Crippen LogP contribution in [0, 0.1) is 5.92 Å². The van der Waals surface area contributed by atoms with Crippen molar-refractivity contribution in [1.29, 1.82) is 0 Å². The number of rotatable bonds is 5. The zero-order valence-corrected chi connectivity index (χ0v) is 14.0. The Bertz CT molecular complexity index is 513. The molecule has 1 saturated heterocycles. The summed E-state index contributed by atoms with van der Waals surface area (Å²) in [6, 6.07) is 9.81. The van der Waals surface area contributed by atoms with E-state index < -0.39 is 10.2 Å². The first kappa shape index (κ1) is 15.9. The lowest BCUT2D eigenvalue weighted by Gasteiger charge is -2.29. The molecule has 0 aromatic heterocycles. The molecule has 0 amide bonds. The maximum Gasteiger partial charge on any atom is 0.279 e. The van der Waals surface area contributed by atoms with Crippen LogP contribution in [0.25, 0.3) is 0 Å². The van der Waals surface area contributed by atoms with Crippen molar-refractivity contribution in [3.8, 4) is 0 Å². The summed E-state index contributed by atoms with van der Waals surface area (Å²) in [6.07, 6.45) is 1.88. The number of hydrogen-bond donors (Lipinski definition) is 1. The molecule has 2 rings (SSSR count). The van der Waals surface area contributed by atoms with Gasteiger partial charge in [-0.05, 0) is 24.3 Å². The van der Waals surface area contributed by atoms with Crippen molar-refractivity contribution in [2.75, 3.05) is 19.6 Å². The van der Waals surface area contributed by atoms with Crippen molar-refractivity contribution in [3.63, 3.8) is 0 Å². The summed E-state index contributed by atoms with van der Waals surface area (Å²) in [4.78, 5) is -0.0119. The lowest BCUT2D eigenvalue weighted by Crippen LogP contribution is -2.45. The fraction of sp³-hybridized carbons (Fsp3) is 0.571. The van der Waals surface area contributed by atoms with E-state index in [2.05, 4.69) is 27.6 Å². The molecule has 1 heterocycles. The van der Waals surface area contributed by atoms with E-state index in [0.29, 0.717) is 25.6 Å². The van der Waals surface area contributed by atoms with Crippen LogP contribution < -0.4 is 4.72 Å². The molecule has 6 heteroatoms. The SMILES string of the molecule is CC1CCN(S(=O)(=O)NCC(Br)c2ccccc2)CC1. The molecule has 0 aliphatic carbocycles. The molecule has 0 radical (unpaired) electrons. The van der Waals surface area contributed by atoms with Gasteiger partial charge in [-0.15, -0.1) is 0 Å². The second-order valence-electron chi connectivity index (χ2n) is 5.31. The normalized spacial score (nSPS) is 19.9. The predicted octanol–water partition coefficient (Wildman–Crippen LogP) is 2.69. The Morgan fingerprint density at radius 2 is 1.90 bits per heavy atom. The van der Waals surface area contributed by atoms with Crippen molar-refractivity contribution >= 4 is 26.1 Å². The average Bonchev–Trinajstić information content (AvgIpc) is 2.46. The molecule has 1 aliphatic rings. The van der Waals surface area contributed by atoms with Gasteiger partial charge in [0.1, 0.15) is 0 Å². The molecular weight excluding hydrogens is 340 g/mol. The van der Waals surface area contributed by atoms with Crippen LogP contribution >= 0.6 is 15.9 Å². The smallest absolute Gasteiger partial charge is 0.201 e. The lowest BCUT2D eigenvalue weighted by molar-refractivity contribution is 0.285. The Morgan fingerprint density at radius 3 is 2.50 bits per heavy atom. The van der Waals surface area contributed by atoms with E-state index in [4.69, 9.17) is 0 Å². The summed E-state index contributed by atoms with van der Waals surface area (Å²) >= 11 is 3.53. The van der Waals surface area contributed by atoms with Crippen LogP contribution in [0.3, 0.4) is 0 Å². The van der Waals surface area contributed by atoms with Crippen LogP contribution in [-0.2, 0) is 10.2 Å². The molecule has 112 valence electrons. The van der Waals surface area contributed by atoms with Gasteiger partial charge in [0.2, 0.25) is 0 Å². The quantitative estimate of drug-likeness (QED) is 0.820. The number of benzene rings is 1. The van der Waals surface area contributed by atoms with Gasteiger partial charge in [0.15, 0.2) is 0 Å². The minimum atomic E-state index is -3.36. The number of halogens is 1. The summed E-state index contributed by atoms with van der Waals surface area (Å²) in [5.41, 5.74) is 1.07. The van der Waals surface area contributed by atoms with Gasteiger partial charge in [-0.2, -0.15) is 12.7 Å². The van der Waals surface area contributed by atoms with Crippen molar-refractivity contribution in [1.82, 2.24) is 9.03 Å². The van der Waals surface area contributed by atoms with Gasteiger partial charge < -0.3 is 0 Å². The Balaban J connectivity index is 1.89. The van der Waals surface area contributed by atoms with E-state index >= 15 is 0 Å². The fourth-order valence-corrected chi connectivity index (χ4v) is 4.21. The number of piperidine rings is 1. The highest BCUT2D eigenvalue weighted by atomic mass is 79.9. The minimum absolute atomic E-state index is 0.0119. The summed E-state index contributed by atoms with van der Waals surface area (Å²) < 4.78 is 28.7. The van der Waals surface area contributed by atoms with Crippen LogP contribution in [0.5, 0.6) is 0 Å². The van der Waals surface area contributed by atoms with Crippen LogP contribution in [0.2, 0.25) is 0 Å². The molecule has 20 heavy (non-hydrogen) atoms. The third-order valence-corrected chi connectivity index (χ3v) is 6.12.